The predicted molar refractivity (Wildman–Crippen MR) is 176 cm³/mol. The van der Waals surface area contributed by atoms with Crippen LogP contribution in [0.15, 0.2) is 54.6 Å². The first-order valence-corrected chi connectivity index (χ1v) is 15.4. The molecule has 2 aromatic carbocycles. The number of phenolic OH excluding ortho intramolecular Hbond substituents is 1. The quantitative estimate of drug-likeness (QED) is 0.0697. The van der Waals surface area contributed by atoms with Crippen molar-refractivity contribution in [1.29, 1.82) is 0 Å². The number of hydrogen-bond acceptors (Lipinski definition) is 10. The fourth-order valence-electron chi connectivity index (χ4n) is 4.48. The van der Waals surface area contributed by atoms with E-state index in [0.29, 0.717) is 11.1 Å². The molecule has 18 nitrogen and oxygen atoms in total. The highest BCUT2D eigenvalue weighted by atomic mass is 16.4. The van der Waals surface area contributed by atoms with Gasteiger partial charge in [-0.25, -0.2) is 4.79 Å². The van der Waals surface area contributed by atoms with Crippen molar-refractivity contribution in [3.05, 3.63) is 65.7 Å². The number of nitrogens with one attached hydrogen (secondary N) is 5. The van der Waals surface area contributed by atoms with Crippen LogP contribution in [0.25, 0.3) is 0 Å². The van der Waals surface area contributed by atoms with E-state index >= 15 is 0 Å². The summed E-state index contributed by atoms with van der Waals surface area (Å²) in [5, 5.41) is 30.9. The van der Waals surface area contributed by atoms with Crippen LogP contribution in [0.3, 0.4) is 0 Å². The molecular formula is C32H42N8O10. The number of amides is 7. The maximum Gasteiger partial charge on any atom is 0.326 e. The number of carbonyl (C=O) groups is 8. The summed E-state index contributed by atoms with van der Waals surface area (Å²) in [6, 6.07) is 6.03. The number of benzene rings is 2. The van der Waals surface area contributed by atoms with E-state index < -0.39 is 96.4 Å². The van der Waals surface area contributed by atoms with Crippen molar-refractivity contribution in [2.45, 2.75) is 75.8 Å². The molecule has 0 heterocycles. The average Bonchev–Trinajstić information content (AvgIpc) is 3.04. The molecule has 0 aliphatic heterocycles. The van der Waals surface area contributed by atoms with Gasteiger partial charge < -0.3 is 54.0 Å². The predicted octanol–water partition coefficient (Wildman–Crippen LogP) is -3.20. The molecule has 2 rings (SSSR count). The Kier molecular flexibility index (Phi) is 15.3. The van der Waals surface area contributed by atoms with Crippen molar-refractivity contribution in [3.8, 4) is 5.75 Å². The fourth-order valence-corrected chi connectivity index (χ4v) is 4.48. The minimum Gasteiger partial charge on any atom is -0.508 e. The molecular weight excluding hydrogens is 656 g/mol. The third-order valence-electron chi connectivity index (χ3n) is 7.21. The van der Waals surface area contributed by atoms with E-state index in [-0.39, 0.29) is 18.6 Å². The van der Waals surface area contributed by atoms with Crippen LogP contribution in [0.4, 0.5) is 0 Å². The van der Waals surface area contributed by atoms with E-state index in [4.69, 9.17) is 17.2 Å². The number of aromatic hydroxyl groups is 1. The first kappa shape index (κ1) is 40.1. The molecule has 13 N–H and O–H groups in total. The highest BCUT2D eigenvalue weighted by Crippen LogP contribution is 2.12. The van der Waals surface area contributed by atoms with Crippen LogP contribution in [0.1, 0.15) is 37.8 Å². The summed E-state index contributed by atoms with van der Waals surface area (Å²) in [5.74, 6) is -7.62. The van der Waals surface area contributed by atoms with E-state index in [2.05, 4.69) is 26.6 Å². The van der Waals surface area contributed by atoms with Crippen LogP contribution >= 0.6 is 0 Å². The van der Waals surface area contributed by atoms with E-state index in [0.717, 1.165) is 0 Å². The van der Waals surface area contributed by atoms with Crippen LogP contribution in [-0.4, -0.2) is 93.8 Å². The monoisotopic (exact) mass is 698 g/mol. The van der Waals surface area contributed by atoms with Gasteiger partial charge in [0.1, 0.15) is 36.0 Å². The SMILES string of the molecule is C[C@H](NC(=O)[C@H](C)NC(=O)[C@H](Cc1ccc(O)cc1)NC(=O)[C@@H](N)CC(N)=O)C(=O)N[C@@H](Cc1ccccc1)C(=O)N[C@@H](CC(N)=O)C(=O)O. The normalized spacial score (nSPS) is 14.3. The highest BCUT2D eigenvalue weighted by molar-refractivity contribution is 5.97. The van der Waals surface area contributed by atoms with Gasteiger partial charge in [-0.3, -0.25) is 33.6 Å². The molecule has 18 heteroatoms. The topological polar surface area (TPSA) is 315 Å². The van der Waals surface area contributed by atoms with Gasteiger partial charge in [0.15, 0.2) is 0 Å². The lowest BCUT2D eigenvalue weighted by Gasteiger charge is -2.25. The van der Waals surface area contributed by atoms with Crippen molar-refractivity contribution < 1.29 is 48.6 Å². The molecule has 270 valence electrons. The Hall–Kier alpha value is -6.04. The highest BCUT2D eigenvalue weighted by Gasteiger charge is 2.31. The molecule has 50 heavy (non-hydrogen) atoms. The summed E-state index contributed by atoms with van der Waals surface area (Å²) in [4.78, 5) is 99.2. The van der Waals surface area contributed by atoms with Gasteiger partial charge in [0.05, 0.1) is 18.9 Å². The zero-order valence-corrected chi connectivity index (χ0v) is 27.4. The minimum atomic E-state index is -1.65. The van der Waals surface area contributed by atoms with Crippen molar-refractivity contribution in [2.24, 2.45) is 17.2 Å². The van der Waals surface area contributed by atoms with Gasteiger partial charge >= 0.3 is 5.97 Å². The maximum absolute atomic E-state index is 13.2. The molecule has 6 atom stereocenters. The molecule has 0 aliphatic carbocycles. The number of primary amides is 2. The van der Waals surface area contributed by atoms with Crippen LogP contribution in [0.5, 0.6) is 5.75 Å². The Morgan fingerprint density at radius 1 is 0.580 bits per heavy atom. The smallest absolute Gasteiger partial charge is 0.326 e. The van der Waals surface area contributed by atoms with Crippen LogP contribution < -0.4 is 43.8 Å². The van der Waals surface area contributed by atoms with Gasteiger partial charge in [0.2, 0.25) is 41.4 Å². The summed E-state index contributed by atoms with van der Waals surface area (Å²) in [5.41, 5.74) is 17.0. The Morgan fingerprint density at radius 3 is 1.50 bits per heavy atom. The number of hydrogen-bond donors (Lipinski definition) is 10. The molecule has 0 radical (unpaired) electrons. The Balaban J connectivity index is 2.13. The first-order valence-electron chi connectivity index (χ1n) is 15.4. The number of carboxylic acid groups (broad SMARTS) is 1. The van der Waals surface area contributed by atoms with Crippen LogP contribution in [0, 0.1) is 0 Å². The van der Waals surface area contributed by atoms with Crippen LogP contribution in [0.2, 0.25) is 0 Å². The molecule has 0 saturated heterocycles. The molecule has 0 saturated carbocycles. The third-order valence-corrected chi connectivity index (χ3v) is 7.21. The maximum atomic E-state index is 13.2. The average molecular weight is 699 g/mol. The van der Waals surface area contributed by atoms with Gasteiger partial charge in [-0.1, -0.05) is 42.5 Å². The Bertz CT molecular complexity index is 1550. The number of carbonyl (C=O) groups excluding carboxylic acids is 7. The lowest BCUT2D eigenvalue weighted by atomic mass is 10.0. The number of nitrogens with two attached hydrogens (primary N) is 3. The molecule has 7 amide bonds. The second kappa shape index (κ2) is 19.1. The largest absolute Gasteiger partial charge is 0.508 e. The van der Waals surface area contributed by atoms with E-state index in [9.17, 15) is 48.6 Å². The molecule has 0 spiro atoms. The summed E-state index contributed by atoms with van der Waals surface area (Å²) < 4.78 is 0. The number of carboxylic acids is 1. The van der Waals surface area contributed by atoms with E-state index in [1.165, 1.54) is 38.1 Å². The van der Waals surface area contributed by atoms with E-state index in [1.54, 1.807) is 30.3 Å². The molecule has 0 aromatic heterocycles. The van der Waals surface area contributed by atoms with Gasteiger partial charge in [-0.05, 0) is 37.1 Å². The Morgan fingerprint density at radius 2 is 1.00 bits per heavy atom. The first-order chi connectivity index (χ1) is 23.5. The number of rotatable bonds is 19. The summed E-state index contributed by atoms with van der Waals surface area (Å²) in [6.07, 6.45) is -1.35. The zero-order chi connectivity index (χ0) is 37.5. The van der Waals surface area contributed by atoms with Crippen molar-refractivity contribution in [3.63, 3.8) is 0 Å². The lowest BCUT2D eigenvalue weighted by Crippen LogP contribution is -2.58. The van der Waals surface area contributed by atoms with Gasteiger partial charge in [-0.2, -0.15) is 0 Å². The Labute approximate surface area is 286 Å². The lowest BCUT2D eigenvalue weighted by molar-refractivity contribution is -0.143. The van der Waals surface area contributed by atoms with Crippen LogP contribution in [-0.2, 0) is 51.2 Å². The van der Waals surface area contributed by atoms with Gasteiger partial charge in [0.25, 0.3) is 0 Å². The fraction of sp³-hybridized carbons (Fsp3) is 0.375. The summed E-state index contributed by atoms with van der Waals surface area (Å²) in [6.45, 7) is 2.62. The molecule has 0 fully saturated rings. The number of phenols is 1. The molecule has 0 unspecified atom stereocenters. The van der Waals surface area contributed by atoms with E-state index in [1.807, 2.05) is 0 Å². The van der Waals surface area contributed by atoms with Crippen molar-refractivity contribution in [1.82, 2.24) is 26.6 Å². The van der Waals surface area contributed by atoms with Crippen molar-refractivity contribution in [2.75, 3.05) is 0 Å². The molecule has 0 aliphatic rings. The van der Waals surface area contributed by atoms with Gasteiger partial charge in [-0.15, -0.1) is 0 Å². The third kappa shape index (κ3) is 13.6. The summed E-state index contributed by atoms with van der Waals surface area (Å²) >= 11 is 0. The van der Waals surface area contributed by atoms with Gasteiger partial charge in [0, 0.05) is 12.8 Å². The number of aliphatic carboxylic acids is 1. The van der Waals surface area contributed by atoms with Crippen molar-refractivity contribution >= 4 is 47.3 Å². The molecule has 2 aromatic rings. The standard InChI is InChI=1S/C32H42N8O10/c1-16(37-30(47)22(13-19-8-10-20(41)11-9-19)39-29(46)21(33)14-25(34)42)27(44)36-17(2)28(45)38-23(12-18-6-4-3-5-7-18)31(48)40-24(32(49)50)15-26(35)43/h3-11,16-17,21-24,41H,12-15,33H2,1-2H3,(H2,34,42)(H2,35,43)(H,36,44)(H,37,47)(H,38,45)(H,39,46)(H,40,48)(H,49,50)/t16-,17-,21-,22-,23-,24-/m0/s1. The zero-order valence-electron chi connectivity index (χ0n) is 27.4. The second-order valence-corrected chi connectivity index (χ2v) is 11.5. The molecule has 0 bridgehead atoms. The minimum absolute atomic E-state index is 0.0368. The second-order valence-electron chi connectivity index (χ2n) is 11.5. The summed E-state index contributed by atoms with van der Waals surface area (Å²) in [7, 11) is 0.